The Bertz CT molecular complexity index is 734. The van der Waals surface area contributed by atoms with Crippen LogP contribution >= 0.6 is 11.8 Å². The van der Waals surface area contributed by atoms with Crippen molar-refractivity contribution in [2.75, 3.05) is 26.0 Å². The van der Waals surface area contributed by atoms with E-state index in [-0.39, 0.29) is 39.9 Å². The minimum atomic E-state index is -1.20. The standard InChI is InChI=1S/C17H23BN2O6S/c1-25-12-5-4-10-7-13(18(24)26-16(10)15(12)17(22)23)27-9-14(21)20-6-2-3-11(19)8-20/h4-5,11,13,24H,2-3,6-9,19H2,1H3,(H,22,23)/t11?,13-/m0/s1. The summed E-state index contributed by atoms with van der Waals surface area (Å²) in [7, 11) is 0.175. The third-order valence-electron chi connectivity index (χ3n) is 4.84. The second-order valence-corrected chi connectivity index (χ2v) is 7.97. The van der Waals surface area contributed by atoms with Crippen LogP contribution in [0.5, 0.6) is 11.5 Å². The number of thioether (sulfide) groups is 1. The molecule has 0 aromatic heterocycles. The van der Waals surface area contributed by atoms with E-state index in [2.05, 4.69) is 0 Å². The number of likely N-dealkylation sites (tertiary alicyclic amines) is 1. The van der Waals surface area contributed by atoms with Crippen LogP contribution < -0.4 is 15.1 Å². The van der Waals surface area contributed by atoms with Crippen LogP contribution in [0.4, 0.5) is 0 Å². The van der Waals surface area contributed by atoms with Crippen LogP contribution in [0.2, 0.25) is 0 Å². The monoisotopic (exact) mass is 394 g/mol. The molecule has 0 spiro atoms. The summed E-state index contributed by atoms with van der Waals surface area (Å²) < 4.78 is 10.6. The maximum atomic E-state index is 12.4. The van der Waals surface area contributed by atoms with Crippen molar-refractivity contribution < 1.29 is 29.1 Å². The Kier molecular flexibility index (Phi) is 6.18. The average molecular weight is 394 g/mol. The molecule has 0 saturated carbocycles. The third-order valence-corrected chi connectivity index (χ3v) is 6.09. The van der Waals surface area contributed by atoms with Gasteiger partial charge >= 0.3 is 13.1 Å². The van der Waals surface area contributed by atoms with Crippen molar-refractivity contribution in [1.82, 2.24) is 4.90 Å². The summed E-state index contributed by atoms with van der Waals surface area (Å²) in [6, 6.07) is 3.32. The molecule has 146 valence electrons. The number of fused-ring (bicyclic) bond motifs is 1. The summed E-state index contributed by atoms with van der Waals surface area (Å²) in [5.41, 5.74) is 6.49. The highest BCUT2D eigenvalue weighted by molar-refractivity contribution is 8.01. The Morgan fingerprint density at radius 3 is 2.93 bits per heavy atom. The van der Waals surface area contributed by atoms with Crippen LogP contribution in [-0.2, 0) is 11.2 Å². The molecule has 4 N–H and O–H groups in total. The minimum absolute atomic E-state index is 0.00546. The van der Waals surface area contributed by atoms with E-state index >= 15 is 0 Å². The van der Waals surface area contributed by atoms with Gasteiger partial charge < -0.3 is 30.2 Å². The molecular weight excluding hydrogens is 371 g/mol. The zero-order valence-corrected chi connectivity index (χ0v) is 15.9. The second-order valence-electron chi connectivity index (χ2n) is 6.74. The van der Waals surface area contributed by atoms with Crippen molar-refractivity contribution in [3.05, 3.63) is 23.3 Å². The highest BCUT2D eigenvalue weighted by Gasteiger charge is 2.38. The molecule has 27 heavy (non-hydrogen) atoms. The highest BCUT2D eigenvalue weighted by atomic mass is 32.2. The van der Waals surface area contributed by atoms with Crippen molar-refractivity contribution >= 4 is 30.8 Å². The van der Waals surface area contributed by atoms with Gasteiger partial charge in [-0.3, -0.25) is 4.79 Å². The topological polar surface area (TPSA) is 122 Å². The number of carboxylic acid groups (broad SMARTS) is 1. The highest BCUT2D eigenvalue weighted by Crippen LogP contribution is 2.38. The largest absolute Gasteiger partial charge is 0.536 e. The summed E-state index contributed by atoms with van der Waals surface area (Å²) >= 11 is 1.31. The lowest BCUT2D eigenvalue weighted by molar-refractivity contribution is -0.129. The van der Waals surface area contributed by atoms with Crippen LogP contribution in [0.25, 0.3) is 0 Å². The Hall–Kier alpha value is -1.91. The summed E-state index contributed by atoms with van der Waals surface area (Å²) in [5, 5.41) is 19.4. The lowest BCUT2D eigenvalue weighted by Crippen LogP contribution is -2.47. The van der Waals surface area contributed by atoms with Crippen LogP contribution in [0.15, 0.2) is 12.1 Å². The van der Waals surface area contributed by atoms with E-state index in [4.69, 9.17) is 15.1 Å². The van der Waals surface area contributed by atoms with Gasteiger partial charge in [0.2, 0.25) is 5.91 Å². The number of hydrogen-bond acceptors (Lipinski definition) is 7. The smallest absolute Gasteiger partial charge is 0.534 e. The number of ether oxygens (including phenoxy) is 1. The molecule has 1 saturated heterocycles. The Morgan fingerprint density at radius 1 is 1.48 bits per heavy atom. The van der Waals surface area contributed by atoms with Gasteiger partial charge in [0.15, 0.2) is 0 Å². The first-order valence-electron chi connectivity index (χ1n) is 8.83. The number of amides is 1. The quantitative estimate of drug-likeness (QED) is 0.614. The van der Waals surface area contributed by atoms with Gasteiger partial charge in [0.25, 0.3) is 0 Å². The van der Waals surface area contributed by atoms with Crippen molar-refractivity contribution in [3.8, 4) is 11.5 Å². The van der Waals surface area contributed by atoms with Crippen molar-refractivity contribution in [1.29, 1.82) is 0 Å². The zero-order valence-electron chi connectivity index (χ0n) is 15.1. The molecule has 0 radical (unpaired) electrons. The van der Waals surface area contributed by atoms with Gasteiger partial charge in [-0.25, -0.2) is 4.79 Å². The molecule has 1 fully saturated rings. The molecule has 0 aliphatic carbocycles. The molecule has 2 atom stereocenters. The number of carbonyl (C=O) groups is 2. The third kappa shape index (κ3) is 4.33. The number of carbonyl (C=O) groups excluding carboxylic acids is 1. The second kappa shape index (κ2) is 8.41. The van der Waals surface area contributed by atoms with Gasteiger partial charge in [-0.1, -0.05) is 6.07 Å². The molecule has 2 heterocycles. The molecule has 1 amide bonds. The molecule has 2 aliphatic rings. The van der Waals surface area contributed by atoms with Gasteiger partial charge in [-0.15, -0.1) is 11.8 Å². The van der Waals surface area contributed by atoms with Gasteiger partial charge in [0.05, 0.1) is 18.0 Å². The fraction of sp³-hybridized carbons (Fsp3) is 0.529. The van der Waals surface area contributed by atoms with Crippen LogP contribution in [0.3, 0.4) is 0 Å². The maximum absolute atomic E-state index is 12.4. The molecule has 8 nitrogen and oxygen atoms in total. The van der Waals surface area contributed by atoms with Crippen molar-refractivity contribution in [2.45, 2.75) is 30.5 Å². The van der Waals surface area contributed by atoms with E-state index in [1.807, 2.05) is 0 Å². The number of aromatic carboxylic acids is 1. The van der Waals surface area contributed by atoms with E-state index in [1.165, 1.54) is 18.9 Å². The maximum Gasteiger partial charge on any atom is 0.536 e. The molecule has 2 aliphatic heterocycles. The van der Waals surface area contributed by atoms with Gasteiger partial charge in [0.1, 0.15) is 17.1 Å². The van der Waals surface area contributed by atoms with Crippen LogP contribution in [0.1, 0.15) is 28.8 Å². The first-order chi connectivity index (χ1) is 12.9. The minimum Gasteiger partial charge on any atom is -0.534 e. The number of nitrogens with two attached hydrogens (primary N) is 1. The lowest BCUT2D eigenvalue weighted by Gasteiger charge is -2.32. The number of benzene rings is 1. The summed E-state index contributed by atoms with van der Waals surface area (Å²) in [6.45, 7) is 1.27. The Labute approximate surface area is 162 Å². The van der Waals surface area contributed by atoms with Gasteiger partial charge in [-0.05, 0) is 30.9 Å². The van der Waals surface area contributed by atoms with E-state index in [0.717, 1.165) is 12.8 Å². The summed E-state index contributed by atoms with van der Waals surface area (Å²) in [5.74, 6) is -0.668. The number of carboxylic acids is 1. The number of methoxy groups -OCH3 is 1. The number of hydrogen-bond donors (Lipinski definition) is 3. The molecule has 1 aromatic rings. The average Bonchev–Trinajstić information content (AvgIpc) is 2.64. The molecule has 10 heteroatoms. The molecule has 1 aromatic carbocycles. The predicted octanol–water partition coefficient (Wildman–Crippen LogP) is 0.400. The van der Waals surface area contributed by atoms with E-state index in [0.29, 0.717) is 25.1 Å². The Balaban J connectivity index is 1.67. The van der Waals surface area contributed by atoms with Crippen molar-refractivity contribution in [3.63, 3.8) is 0 Å². The van der Waals surface area contributed by atoms with E-state index in [9.17, 15) is 19.7 Å². The van der Waals surface area contributed by atoms with Crippen LogP contribution in [-0.4, -0.2) is 71.2 Å². The number of nitrogens with zero attached hydrogens (tertiary/aromatic N) is 1. The molecule has 3 rings (SSSR count). The molecule has 1 unspecified atom stereocenters. The summed E-state index contributed by atoms with van der Waals surface area (Å²) in [4.78, 5) is 25.7. The van der Waals surface area contributed by atoms with Crippen LogP contribution in [0, 0.1) is 0 Å². The molecule has 0 bridgehead atoms. The first kappa shape index (κ1) is 19.8. The van der Waals surface area contributed by atoms with Crippen molar-refractivity contribution in [2.24, 2.45) is 5.73 Å². The lowest BCUT2D eigenvalue weighted by atomic mass is 9.77. The van der Waals surface area contributed by atoms with E-state index < -0.39 is 13.1 Å². The SMILES string of the molecule is COc1ccc2c(c1C(=O)O)OB(O)[C@@H](SCC(=O)N1CCCC(N)C1)C2. The van der Waals surface area contributed by atoms with E-state index in [1.54, 1.807) is 17.0 Å². The Morgan fingerprint density at radius 2 is 2.26 bits per heavy atom. The van der Waals surface area contributed by atoms with Gasteiger partial charge in [0, 0.05) is 19.1 Å². The van der Waals surface area contributed by atoms with Gasteiger partial charge in [-0.2, -0.15) is 0 Å². The zero-order chi connectivity index (χ0) is 19.6. The first-order valence-corrected chi connectivity index (χ1v) is 9.88. The fourth-order valence-electron chi connectivity index (χ4n) is 3.44. The predicted molar refractivity (Wildman–Crippen MR) is 102 cm³/mol. The number of piperidine rings is 1. The number of rotatable bonds is 5. The summed E-state index contributed by atoms with van der Waals surface area (Å²) in [6.07, 6.45) is 2.23. The molecular formula is C17H23BN2O6S. The normalized spacial score (nSPS) is 22.0. The fourth-order valence-corrected chi connectivity index (χ4v) is 4.49.